The first-order chi connectivity index (χ1) is 12.1. The summed E-state index contributed by atoms with van der Waals surface area (Å²) < 4.78 is 0. The molecule has 3 rings (SSSR count). The molecule has 1 unspecified atom stereocenters. The van der Waals surface area contributed by atoms with Gasteiger partial charge in [-0.3, -0.25) is 9.59 Å². The molecule has 1 amide bonds. The number of aromatic nitrogens is 2. The maximum atomic E-state index is 12.4. The highest BCUT2D eigenvalue weighted by Crippen LogP contribution is 2.28. The van der Waals surface area contributed by atoms with Crippen molar-refractivity contribution in [3.8, 4) is 0 Å². The first-order valence-electron chi connectivity index (χ1n) is 8.11. The summed E-state index contributed by atoms with van der Waals surface area (Å²) in [5.41, 5.74) is 2.09. The predicted octanol–water partition coefficient (Wildman–Crippen LogP) is 2.72. The van der Waals surface area contributed by atoms with Crippen LogP contribution in [0.4, 0.5) is 0 Å². The molecule has 0 aliphatic carbocycles. The van der Waals surface area contributed by atoms with E-state index in [1.807, 2.05) is 43.3 Å². The highest BCUT2D eigenvalue weighted by Gasteiger charge is 2.23. The fraction of sp³-hybridized carbons (Fsp3) is 0.150. The summed E-state index contributed by atoms with van der Waals surface area (Å²) in [4.78, 5) is 23.5. The number of carbonyl (C=O) groups is 1. The average molecular weight is 333 g/mol. The summed E-state index contributed by atoms with van der Waals surface area (Å²) in [7, 11) is 0. The molecule has 2 aromatic carbocycles. The van der Waals surface area contributed by atoms with E-state index in [-0.39, 0.29) is 29.1 Å². The van der Waals surface area contributed by atoms with Crippen molar-refractivity contribution in [2.75, 3.05) is 0 Å². The predicted molar refractivity (Wildman–Crippen MR) is 96.5 cm³/mol. The van der Waals surface area contributed by atoms with Crippen LogP contribution in [0.15, 0.2) is 77.6 Å². The molecule has 3 aromatic rings. The van der Waals surface area contributed by atoms with E-state index in [2.05, 4.69) is 39.8 Å². The number of H-pyrrole nitrogens is 1. The van der Waals surface area contributed by atoms with Gasteiger partial charge in [0.1, 0.15) is 5.69 Å². The van der Waals surface area contributed by atoms with Crippen LogP contribution in [0.5, 0.6) is 0 Å². The molecule has 1 aromatic heterocycles. The third kappa shape index (κ3) is 4.01. The van der Waals surface area contributed by atoms with Gasteiger partial charge in [0.25, 0.3) is 11.5 Å². The second kappa shape index (κ2) is 7.57. The van der Waals surface area contributed by atoms with Crippen LogP contribution in [-0.4, -0.2) is 22.1 Å². The molecule has 0 fully saturated rings. The van der Waals surface area contributed by atoms with Gasteiger partial charge < -0.3 is 5.32 Å². The van der Waals surface area contributed by atoms with Crippen LogP contribution in [0.2, 0.25) is 0 Å². The first kappa shape index (κ1) is 16.6. The van der Waals surface area contributed by atoms with Crippen molar-refractivity contribution in [1.29, 1.82) is 0 Å². The van der Waals surface area contributed by atoms with Gasteiger partial charge in [-0.1, -0.05) is 60.7 Å². The Bertz CT molecular complexity index is 832. The lowest BCUT2D eigenvalue weighted by atomic mass is 9.86. The molecule has 0 spiro atoms. The van der Waals surface area contributed by atoms with Gasteiger partial charge in [0.15, 0.2) is 0 Å². The van der Waals surface area contributed by atoms with Crippen LogP contribution in [0.25, 0.3) is 0 Å². The maximum absolute atomic E-state index is 12.4. The molecular weight excluding hydrogens is 314 g/mol. The van der Waals surface area contributed by atoms with Gasteiger partial charge in [0, 0.05) is 18.0 Å². The van der Waals surface area contributed by atoms with Crippen molar-refractivity contribution in [2.45, 2.75) is 18.9 Å². The number of hydrogen-bond acceptors (Lipinski definition) is 3. The Balaban J connectivity index is 1.87. The topological polar surface area (TPSA) is 74.8 Å². The maximum Gasteiger partial charge on any atom is 0.271 e. The lowest BCUT2D eigenvalue weighted by molar-refractivity contribution is 0.0931. The summed E-state index contributed by atoms with van der Waals surface area (Å²) >= 11 is 0. The Labute approximate surface area is 145 Å². The van der Waals surface area contributed by atoms with E-state index >= 15 is 0 Å². The van der Waals surface area contributed by atoms with Crippen LogP contribution in [0.1, 0.15) is 34.5 Å². The minimum atomic E-state index is -0.337. The average Bonchev–Trinajstić information content (AvgIpc) is 2.64. The van der Waals surface area contributed by atoms with E-state index in [0.717, 1.165) is 11.1 Å². The number of nitrogens with zero attached hydrogens (tertiary/aromatic N) is 1. The van der Waals surface area contributed by atoms with Crippen molar-refractivity contribution in [2.24, 2.45) is 0 Å². The van der Waals surface area contributed by atoms with Crippen molar-refractivity contribution < 1.29 is 4.79 Å². The fourth-order valence-electron chi connectivity index (χ4n) is 2.93. The zero-order chi connectivity index (χ0) is 17.6. The minimum absolute atomic E-state index is 0.00844. The number of hydrogen-bond donors (Lipinski definition) is 2. The Hall–Kier alpha value is -3.21. The summed E-state index contributed by atoms with van der Waals surface area (Å²) in [5, 5.41) is 9.06. The van der Waals surface area contributed by atoms with Gasteiger partial charge in [0.2, 0.25) is 0 Å². The number of nitrogens with one attached hydrogen (secondary N) is 2. The summed E-state index contributed by atoms with van der Waals surface area (Å²) in [6.07, 6.45) is 0. The van der Waals surface area contributed by atoms with E-state index in [9.17, 15) is 9.59 Å². The smallest absolute Gasteiger partial charge is 0.271 e. The SMILES string of the molecule is CC(NC(=O)c1ccc(=O)[nH]n1)C(c1ccccc1)c1ccccc1. The lowest BCUT2D eigenvalue weighted by Gasteiger charge is -2.26. The standard InChI is InChI=1S/C20H19N3O2/c1-14(21-20(25)17-12-13-18(24)23-22-17)19(15-8-4-2-5-9-15)16-10-6-3-7-11-16/h2-14,19H,1H3,(H,21,25)(H,23,24). The Morgan fingerprint density at radius 1 is 0.920 bits per heavy atom. The monoisotopic (exact) mass is 333 g/mol. The number of rotatable bonds is 5. The largest absolute Gasteiger partial charge is 0.347 e. The van der Waals surface area contributed by atoms with Gasteiger partial charge in [-0.2, -0.15) is 5.10 Å². The Kier molecular flexibility index (Phi) is 5.04. The van der Waals surface area contributed by atoms with Crippen LogP contribution in [0, 0.1) is 0 Å². The number of aromatic amines is 1. The molecule has 0 aliphatic rings. The van der Waals surface area contributed by atoms with Crippen LogP contribution < -0.4 is 10.9 Å². The molecule has 0 bridgehead atoms. The second-order valence-electron chi connectivity index (χ2n) is 5.87. The molecule has 0 aliphatic heterocycles. The molecule has 5 heteroatoms. The molecule has 2 N–H and O–H groups in total. The van der Waals surface area contributed by atoms with Crippen LogP contribution >= 0.6 is 0 Å². The van der Waals surface area contributed by atoms with E-state index in [0.29, 0.717) is 0 Å². The molecular formula is C20H19N3O2. The lowest BCUT2D eigenvalue weighted by Crippen LogP contribution is -2.38. The minimum Gasteiger partial charge on any atom is -0.347 e. The molecule has 0 radical (unpaired) electrons. The molecule has 25 heavy (non-hydrogen) atoms. The summed E-state index contributed by atoms with van der Waals surface area (Å²) in [6.45, 7) is 1.97. The van der Waals surface area contributed by atoms with Gasteiger partial charge in [-0.05, 0) is 24.1 Å². The highest BCUT2D eigenvalue weighted by atomic mass is 16.2. The zero-order valence-electron chi connectivity index (χ0n) is 13.8. The quantitative estimate of drug-likeness (QED) is 0.754. The fourth-order valence-corrected chi connectivity index (χ4v) is 2.93. The van der Waals surface area contributed by atoms with Gasteiger partial charge in [0.05, 0.1) is 0 Å². The van der Waals surface area contributed by atoms with Crippen molar-refractivity contribution in [3.63, 3.8) is 0 Å². The van der Waals surface area contributed by atoms with Gasteiger partial charge in [-0.25, -0.2) is 5.10 Å². The summed E-state index contributed by atoms with van der Waals surface area (Å²) in [5.74, 6) is -0.310. The zero-order valence-corrected chi connectivity index (χ0v) is 13.8. The first-order valence-corrected chi connectivity index (χ1v) is 8.11. The number of benzene rings is 2. The van der Waals surface area contributed by atoms with Gasteiger partial charge in [-0.15, -0.1) is 0 Å². The van der Waals surface area contributed by atoms with E-state index < -0.39 is 0 Å². The number of amides is 1. The second-order valence-corrected chi connectivity index (χ2v) is 5.87. The highest BCUT2D eigenvalue weighted by molar-refractivity contribution is 5.92. The van der Waals surface area contributed by atoms with Crippen molar-refractivity contribution in [3.05, 3.63) is 100.0 Å². The van der Waals surface area contributed by atoms with Crippen molar-refractivity contribution >= 4 is 5.91 Å². The Morgan fingerprint density at radius 3 is 1.96 bits per heavy atom. The van der Waals surface area contributed by atoms with E-state index in [1.54, 1.807) is 0 Å². The normalized spacial score (nSPS) is 11.9. The third-order valence-electron chi connectivity index (χ3n) is 4.09. The Morgan fingerprint density at radius 2 is 1.48 bits per heavy atom. The molecule has 126 valence electrons. The molecule has 0 saturated heterocycles. The van der Waals surface area contributed by atoms with Crippen LogP contribution in [-0.2, 0) is 0 Å². The number of carbonyl (C=O) groups excluding carboxylic acids is 1. The molecule has 0 saturated carbocycles. The third-order valence-corrected chi connectivity index (χ3v) is 4.09. The van der Waals surface area contributed by atoms with E-state index in [1.165, 1.54) is 12.1 Å². The molecule has 1 heterocycles. The summed E-state index contributed by atoms with van der Waals surface area (Å²) in [6, 6.07) is 22.7. The molecule has 5 nitrogen and oxygen atoms in total. The van der Waals surface area contributed by atoms with Gasteiger partial charge >= 0.3 is 0 Å². The van der Waals surface area contributed by atoms with E-state index in [4.69, 9.17) is 0 Å². The van der Waals surface area contributed by atoms with Crippen LogP contribution in [0.3, 0.4) is 0 Å². The van der Waals surface area contributed by atoms with Crippen molar-refractivity contribution in [1.82, 2.24) is 15.5 Å². The molecule has 1 atom stereocenters.